The minimum atomic E-state index is -0.560. The van der Waals surface area contributed by atoms with Crippen LogP contribution in [0.25, 0.3) is 17.1 Å². The van der Waals surface area contributed by atoms with Gasteiger partial charge in [-0.3, -0.25) is 10.0 Å². The smallest absolute Gasteiger partial charge is 0.267 e. The van der Waals surface area contributed by atoms with Crippen molar-refractivity contribution in [3.05, 3.63) is 143 Å². The van der Waals surface area contributed by atoms with Crippen LogP contribution in [0.15, 0.2) is 115 Å². The van der Waals surface area contributed by atoms with Crippen LogP contribution in [0.5, 0.6) is 0 Å². The van der Waals surface area contributed by atoms with Gasteiger partial charge in [0.25, 0.3) is 5.91 Å². The zero-order valence-electron chi connectivity index (χ0n) is 19.8. The summed E-state index contributed by atoms with van der Waals surface area (Å²) in [6, 6.07) is 37.4. The molecule has 1 atom stereocenters. The van der Waals surface area contributed by atoms with Gasteiger partial charge in [-0.15, -0.1) is 0 Å². The average molecular weight is 474 g/mol. The van der Waals surface area contributed by atoms with E-state index in [1.54, 1.807) is 11.6 Å². The van der Waals surface area contributed by atoms with Gasteiger partial charge in [0.1, 0.15) is 5.82 Å². The number of carbonyl (C=O) groups excluding carboxylic acids is 1. The van der Waals surface area contributed by atoms with Gasteiger partial charge in [-0.2, -0.15) is 0 Å². The lowest BCUT2D eigenvalue weighted by atomic mass is 9.90. The maximum Gasteiger partial charge on any atom is 0.267 e. The molecule has 2 N–H and O–H groups in total. The fourth-order valence-corrected chi connectivity index (χ4v) is 4.55. The highest BCUT2D eigenvalue weighted by Crippen LogP contribution is 2.32. The third kappa shape index (κ3) is 5.27. The van der Waals surface area contributed by atoms with Gasteiger partial charge < -0.3 is 4.57 Å². The summed E-state index contributed by atoms with van der Waals surface area (Å²) in [5.41, 5.74) is 8.20. The summed E-state index contributed by atoms with van der Waals surface area (Å²) in [4.78, 5) is 16.5. The third-order valence-electron chi connectivity index (χ3n) is 6.34. The molecule has 1 amide bonds. The first-order valence-corrected chi connectivity index (χ1v) is 12.0. The Kier molecular flexibility index (Phi) is 7.01. The number of nitrogens with zero attached hydrogens (tertiary/aromatic N) is 2. The first kappa shape index (κ1) is 23.3. The predicted molar refractivity (Wildman–Crippen MR) is 143 cm³/mol. The zero-order valence-corrected chi connectivity index (χ0v) is 19.8. The molecule has 5 heteroatoms. The number of imidazole rings is 1. The summed E-state index contributed by atoms with van der Waals surface area (Å²) in [6.07, 6.45) is 3.78. The lowest BCUT2D eigenvalue weighted by Crippen LogP contribution is -2.15. The summed E-state index contributed by atoms with van der Waals surface area (Å²) in [6.45, 7) is 0.735. The highest BCUT2D eigenvalue weighted by Gasteiger charge is 2.23. The molecule has 5 nitrogen and oxygen atoms in total. The second-order valence-electron chi connectivity index (χ2n) is 8.75. The molecule has 1 unspecified atom stereocenters. The van der Waals surface area contributed by atoms with Crippen LogP contribution in [-0.4, -0.2) is 20.7 Å². The fourth-order valence-electron chi connectivity index (χ4n) is 4.55. The molecule has 0 bridgehead atoms. The number of hydroxylamine groups is 1. The molecule has 0 saturated heterocycles. The second kappa shape index (κ2) is 10.8. The van der Waals surface area contributed by atoms with Crippen molar-refractivity contribution in [2.75, 3.05) is 0 Å². The summed E-state index contributed by atoms with van der Waals surface area (Å²) in [5.74, 6) is 0.491. The number of fused-ring (bicyclic) bond motifs is 1. The van der Waals surface area contributed by atoms with E-state index in [1.165, 1.54) is 17.2 Å². The molecule has 0 saturated carbocycles. The van der Waals surface area contributed by atoms with E-state index in [4.69, 9.17) is 10.2 Å². The Hall–Kier alpha value is -4.48. The summed E-state index contributed by atoms with van der Waals surface area (Å²) in [7, 11) is 0. The summed E-state index contributed by atoms with van der Waals surface area (Å²) >= 11 is 0. The minimum absolute atomic E-state index is 0.0299. The zero-order chi connectivity index (χ0) is 24.7. The lowest BCUT2D eigenvalue weighted by molar-refractivity contribution is -0.124. The normalized spacial score (nSPS) is 12.1. The average Bonchev–Trinajstić information content (AvgIpc) is 3.29. The van der Waals surface area contributed by atoms with Crippen molar-refractivity contribution >= 4 is 23.0 Å². The number of rotatable bonds is 8. The van der Waals surface area contributed by atoms with Crippen molar-refractivity contribution in [1.29, 1.82) is 0 Å². The minimum Gasteiger partial charge on any atom is -0.323 e. The number of aromatic nitrogens is 2. The molecule has 5 rings (SSSR count). The molecule has 4 aromatic carbocycles. The molecule has 0 aliphatic heterocycles. The highest BCUT2D eigenvalue weighted by atomic mass is 16.5. The number of hydrogen-bond acceptors (Lipinski definition) is 3. The lowest BCUT2D eigenvalue weighted by Gasteiger charge is -2.20. The van der Waals surface area contributed by atoms with Gasteiger partial charge in [0.05, 0.1) is 11.0 Å². The van der Waals surface area contributed by atoms with E-state index in [1.807, 2.05) is 30.3 Å². The molecule has 0 spiro atoms. The molecule has 0 fully saturated rings. The SMILES string of the molecule is O=C(C=Cc1ccc(C(Cc2ccccc2)c2nc3ccccc3n2Cc2ccccc2)cc1)NO. The number of amides is 1. The summed E-state index contributed by atoms with van der Waals surface area (Å²) in [5, 5.41) is 8.73. The molecule has 1 aromatic heterocycles. The van der Waals surface area contributed by atoms with Gasteiger partial charge in [-0.1, -0.05) is 97.1 Å². The standard InChI is InChI=1S/C31H27N3O2/c35-30(33-36)20-17-23-15-18-26(19-16-23)27(21-24-9-3-1-4-10-24)31-32-28-13-7-8-14-29(28)34(31)22-25-11-5-2-6-12-25/h1-20,27,36H,21-22H2,(H,33,35). The highest BCUT2D eigenvalue weighted by molar-refractivity contribution is 5.90. The Balaban J connectivity index is 1.59. The van der Waals surface area contributed by atoms with Crippen LogP contribution in [0.4, 0.5) is 0 Å². The Bertz CT molecular complexity index is 1470. The van der Waals surface area contributed by atoms with Gasteiger partial charge >= 0.3 is 0 Å². The molecule has 0 aliphatic rings. The van der Waals surface area contributed by atoms with Crippen molar-refractivity contribution in [2.45, 2.75) is 18.9 Å². The van der Waals surface area contributed by atoms with Gasteiger partial charge in [0, 0.05) is 18.5 Å². The van der Waals surface area contributed by atoms with E-state index in [2.05, 4.69) is 83.4 Å². The Morgan fingerprint density at radius 1 is 0.833 bits per heavy atom. The van der Waals surface area contributed by atoms with Gasteiger partial charge in [0.2, 0.25) is 0 Å². The van der Waals surface area contributed by atoms with Crippen molar-refractivity contribution in [2.24, 2.45) is 0 Å². The maximum atomic E-state index is 11.4. The largest absolute Gasteiger partial charge is 0.323 e. The molecule has 178 valence electrons. The van der Waals surface area contributed by atoms with E-state index in [-0.39, 0.29) is 5.92 Å². The molecule has 1 heterocycles. The molecular weight excluding hydrogens is 446 g/mol. The number of benzene rings is 4. The van der Waals surface area contributed by atoms with E-state index >= 15 is 0 Å². The molecule has 36 heavy (non-hydrogen) atoms. The van der Waals surface area contributed by atoms with Crippen LogP contribution in [0.1, 0.15) is 34.0 Å². The first-order chi connectivity index (χ1) is 17.7. The molecule has 5 aromatic rings. The topological polar surface area (TPSA) is 67.2 Å². The number of hydrogen-bond donors (Lipinski definition) is 2. The monoisotopic (exact) mass is 473 g/mol. The van der Waals surface area contributed by atoms with Crippen LogP contribution in [0.3, 0.4) is 0 Å². The van der Waals surface area contributed by atoms with E-state index in [0.29, 0.717) is 0 Å². The Morgan fingerprint density at radius 3 is 2.17 bits per heavy atom. The van der Waals surface area contributed by atoms with Crippen molar-refractivity contribution in [1.82, 2.24) is 15.0 Å². The maximum absolute atomic E-state index is 11.4. The summed E-state index contributed by atoms with van der Waals surface area (Å²) < 4.78 is 2.33. The Labute approximate surface area is 210 Å². The van der Waals surface area contributed by atoms with Crippen molar-refractivity contribution in [3.8, 4) is 0 Å². The third-order valence-corrected chi connectivity index (χ3v) is 6.34. The van der Waals surface area contributed by atoms with E-state index < -0.39 is 5.91 Å². The quantitative estimate of drug-likeness (QED) is 0.166. The number of carbonyl (C=O) groups is 1. The predicted octanol–water partition coefficient (Wildman–Crippen LogP) is 5.98. The van der Waals surface area contributed by atoms with E-state index in [9.17, 15) is 4.79 Å². The van der Waals surface area contributed by atoms with Gasteiger partial charge in [0.15, 0.2) is 0 Å². The van der Waals surface area contributed by atoms with Crippen molar-refractivity contribution in [3.63, 3.8) is 0 Å². The Morgan fingerprint density at radius 2 is 1.47 bits per heavy atom. The van der Waals surface area contributed by atoms with Crippen LogP contribution >= 0.6 is 0 Å². The molecular formula is C31H27N3O2. The van der Waals surface area contributed by atoms with Crippen LogP contribution in [0, 0.1) is 0 Å². The molecule has 0 aliphatic carbocycles. The van der Waals surface area contributed by atoms with Crippen LogP contribution in [-0.2, 0) is 17.8 Å². The first-order valence-electron chi connectivity index (χ1n) is 12.0. The molecule has 0 radical (unpaired) electrons. The van der Waals surface area contributed by atoms with E-state index in [0.717, 1.165) is 41.0 Å². The second-order valence-corrected chi connectivity index (χ2v) is 8.75. The van der Waals surface area contributed by atoms with Crippen molar-refractivity contribution < 1.29 is 10.0 Å². The number of nitrogens with one attached hydrogen (secondary N) is 1. The van der Waals surface area contributed by atoms with Gasteiger partial charge in [-0.05, 0) is 46.9 Å². The number of para-hydroxylation sites is 2. The fraction of sp³-hybridized carbons (Fsp3) is 0.0968. The van der Waals surface area contributed by atoms with Gasteiger partial charge in [-0.25, -0.2) is 10.5 Å². The van der Waals surface area contributed by atoms with Crippen LogP contribution < -0.4 is 5.48 Å². The van der Waals surface area contributed by atoms with Crippen LogP contribution in [0.2, 0.25) is 0 Å².